The highest BCUT2D eigenvalue weighted by atomic mass is 32.1. The summed E-state index contributed by atoms with van der Waals surface area (Å²) in [5.41, 5.74) is 2.38. The van der Waals surface area contributed by atoms with Crippen molar-refractivity contribution in [1.82, 2.24) is 10.3 Å². The minimum absolute atomic E-state index is 0.672. The van der Waals surface area contributed by atoms with E-state index >= 15 is 0 Å². The molecule has 0 bridgehead atoms. The highest BCUT2D eigenvalue weighted by Crippen LogP contribution is 2.14. The third-order valence-corrected chi connectivity index (χ3v) is 4.02. The highest BCUT2D eigenvalue weighted by Gasteiger charge is 2.03. The van der Waals surface area contributed by atoms with Crippen molar-refractivity contribution in [2.24, 2.45) is 5.92 Å². The first-order valence-corrected chi connectivity index (χ1v) is 8.35. The second-order valence-corrected chi connectivity index (χ2v) is 6.61. The summed E-state index contributed by atoms with van der Waals surface area (Å²) < 4.78 is 5.74. The summed E-state index contributed by atoms with van der Waals surface area (Å²) in [5, 5.41) is 6.69. The molecule has 114 valence electrons. The molecule has 0 saturated heterocycles. The Labute approximate surface area is 131 Å². The van der Waals surface area contributed by atoms with Gasteiger partial charge in [0.15, 0.2) is 0 Å². The van der Waals surface area contributed by atoms with Crippen molar-refractivity contribution in [2.45, 2.75) is 33.7 Å². The Morgan fingerprint density at radius 1 is 1.24 bits per heavy atom. The lowest BCUT2D eigenvalue weighted by Crippen LogP contribution is -2.19. The number of nitrogens with one attached hydrogen (secondary N) is 1. The van der Waals surface area contributed by atoms with Gasteiger partial charge in [-0.05, 0) is 31.5 Å². The summed E-state index contributed by atoms with van der Waals surface area (Å²) >= 11 is 1.71. The van der Waals surface area contributed by atoms with Gasteiger partial charge in [0, 0.05) is 18.3 Å². The van der Waals surface area contributed by atoms with Crippen LogP contribution in [0.5, 0.6) is 5.75 Å². The van der Waals surface area contributed by atoms with Crippen molar-refractivity contribution in [2.75, 3.05) is 13.2 Å². The highest BCUT2D eigenvalue weighted by molar-refractivity contribution is 7.09. The number of hydrogen-bond donors (Lipinski definition) is 1. The molecular weight excluding hydrogens is 280 g/mol. The maximum atomic E-state index is 5.74. The molecule has 1 aromatic heterocycles. The quantitative estimate of drug-likeness (QED) is 0.805. The average Bonchev–Trinajstić information content (AvgIpc) is 2.88. The fraction of sp³-hybridized carbons (Fsp3) is 0.471. The predicted octanol–water partition coefficient (Wildman–Crippen LogP) is 3.82. The Balaban J connectivity index is 1.71. The van der Waals surface area contributed by atoms with Gasteiger partial charge in [0.25, 0.3) is 0 Å². The molecule has 0 spiro atoms. The first-order valence-electron chi connectivity index (χ1n) is 7.47. The topological polar surface area (TPSA) is 34.1 Å². The van der Waals surface area contributed by atoms with E-state index in [1.807, 2.05) is 12.1 Å². The zero-order valence-electron chi connectivity index (χ0n) is 13.1. The number of ether oxygens (including phenoxy) is 1. The molecule has 0 saturated carbocycles. The number of nitrogens with zero attached hydrogens (tertiary/aromatic N) is 1. The van der Waals surface area contributed by atoms with Gasteiger partial charge in [-0.25, -0.2) is 4.98 Å². The smallest absolute Gasteiger partial charge is 0.119 e. The van der Waals surface area contributed by atoms with Crippen molar-refractivity contribution >= 4 is 11.3 Å². The molecule has 2 aromatic rings. The molecule has 0 unspecified atom stereocenters. The van der Waals surface area contributed by atoms with Gasteiger partial charge < -0.3 is 10.1 Å². The molecule has 0 aliphatic carbocycles. The first kappa shape index (κ1) is 16.0. The second kappa shape index (κ2) is 8.15. The second-order valence-electron chi connectivity index (χ2n) is 5.67. The number of aromatic nitrogens is 1. The third kappa shape index (κ3) is 5.86. The first-order chi connectivity index (χ1) is 10.1. The molecule has 0 atom stereocenters. The van der Waals surface area contributed by atoms with E-state index < -0.39 is 0 Å². The molecule has 1 heterocycles. The van der Waals surface area contributed by atoms with Crippen LogP contribution in [-0.2, 0) is 13.0 Å². The molecule has 0 radical (unpaired) electrons. The molecule has 1 aromatic carbocycles. The van der Waals surface area contributed by atoms with Gasteiger partial charge in [-0.1, -0.05) is 31.5 Å². The van der Waals surface area contributed by atoms with Crippen LogP contribution < -0.4 is 10.1 Å². The molecule has 1 N–H and O–H groups in total. The zero-order chi connectivity index (χ0) is 15.1. The molecule has 0 aliphatic rings. The maximum Gasteiger partial charge on any atom is 0.119 e. The summed E-state index contributed by atoms with van der Waals surface area (Å²) in [4.78, 5) is 4.63. The lowest BCUT2D eigenvalue weighted by molar-refractivity contribution is 0.321. The van der Waals surface area contributed by atoms with Crippen molar-refractivity contribution < 1.29 is 4.74 Å². The van der Waals surface area contributed by atoms with Gasteiger partial charge in [-0.3, -0.25) is 0 Å². The largest absolute Gasteiger partial charge is 0.493 e. The lowest BCUT2D eigenvalue weighted by atomic mass is 10.2. The SMILES string of the molecule is Cc1ccc(OCCc2nc(CNCC(C)C)cs2)cc1. The van der Waals surface area contributed by atoms with Gasteiger partial charge in [0.1, 0.15) is 5.75 Å². The van der Waals surface area contributed by atoms with Crippen LogP contribution in [0.15, 0.2) is 29.6 Å². The van der Waals surface area contributed by atoms with Crippen molar-refractivity contribution in [1.29, 1.82) is 0 Å². The maximum absolute atomic E-state index is 5.74. The van der Waals surface area contributed by atoms with Gasteiger partial charge in [0.2, 0.25) is 0 Å². The van der Waals surface area contributed by atoms with Gasteiger partial charge in [0.05, 0.1) is 17.3 Å². The number of aryl methyl sites for hydroxylation is 1. The molecule has 0 fully saturated rings. The molecular formula is C17H24N2OS. The Hall–Kier alpha value is -1.39. The third-order valence-electron chi connectivity index (χ3n) is 3.06. The van der Waals surface area contributed by atoms with Crippen LogP contribution in [0.1, 0.15) is 30.1 Å². The zero-order valence-corrected chi connectivity index (χ0v) is 13.9. The Morgan fingerprint density at radius 3 is 2.71 bits per heavy atom. The van der Waals surface area contributed by atoms with E-state index in [0.717, 1.165) is 36.0 Å². The van der Waals surface area contributed by atoms with Crippen LogP contribution in [0.4, 0.5) is 0 Å². The average molecular weight is 304 g/mol. The van der Waals surface area contributed by atoms with Gasteiger partial charge >= 0.3 is 0 Å². The molecule has 3 nitrogen and oxygen atoms in total. The summed E-state index contributed by atoms with van der Waals surface area (Å²) in [6.07, 6.45) is 0.864. The number of thiazole rings is 1. The van der Waals surface area contributed by atoms with Crippen LogP contribution in [0.25, 0.3) is 0 Å². The van der Waals surface area contributed by atoms with Crippen LogP contribution in [-0.4, -0.2) is 18.1 Å². The van der Waals surface area contributed by atoms with E-state index in [4.69, 9.17) is 4.74 Å². The molecule has 2 rings (SSSR count). The standard InChI is InChI=1S/C17H24N2OS/c1-13(2)10-18-11-15-12-21-17(19-15)8-9-20-16-6-4-14(3)5-7-16/h4-7,12-13,18H,8-11H2,1-3H3. The number of benzene rings is 1. The summed E-state index contributed by atoms with van der Waals surface area (Å²) in [5.74, 6) is 1.60. The molecule has 21 heavy (non-hydrogen) atoms. The van der Waals surface area contributed by atoms with Crippen LogP contribution in [0, 0.1) is 12.8 Å². The minimum atomic E-state index is 0.672. The van der Waals surface area contributed by atoms with E-state index in [1.165, 1.54) is 5.56 Å². The Bertz CT molecular complexity index is 534. The molecule has 4 heteroatoms. The fourth-order valence-corrected chi connectivity index (χ4v) is 2.70. The van der Waals surface area contributed by atoms with Crippen molar-refractivity contribution in [3.8, 4) is 5.75 Å². The van der Waals surface area contributed by atoms with Crippen molar-refractivity contribution in [3.63, 3.8) is 0 Å². The summed E-state index contributed by atoms with van der Waals surface area (Å²) in [7, 11) is 0. The predicted molar refractivity (Wildman–Crippen MR) is 89.0 cm³/mol. The Morgan fingerprint density at radius 2 is 2.00 bits per heavy atom. The van der Waals surface area contributed by atoms with E-state index in [2.05, 4.69) is 48.6 Å². The lowest BCUT2D eigenvalue weighted by Gasteiger charge is -2.05. The van der Waals surface area contributed by atoms with E-state index in [-0.39, 0.29) is 0 Å². The van der Waals surface area contributed by atoms with Crippen LogP contribution in [0.2, 0.25) is 0 Å². The van der Waals surface area contributed by atoms with Gasteiger partial charge in [-0.15, -0.1) is 11.3 Å². The molecule has 0 amide bonds. The minimum Gasteiger partial charge on any atom is -0.493 e. The summed E-state index contributed by atoms with van der Waals surface area (Å²) in [6, 6.07) is 8.16. The fourth-order valence-electron chi connectivity index (χ4n) is 1.92. The summed E-state index contributed by atoms with van der Waals surface area (Å²) in [6.45, 7) is 9.06. The van der Waals surface area contributed by atoms with Gasteiger partial charge in [-0.2, -0.15) is 0 Å². The number of hydrogen-bond acceptors (Lipinski definition) is 4. The van der Waals surface area contributed by atoms with Crippen molar-refractivity contribution in [3.05, 3.63) is 45.9 Å². The van der Waals surface area contributed by atoms with Crippen LogP contribution >= 0.6 is 11.3 Å². The van der Waals surface area contributed by atoms with E-state index in [1.54, 1.807) is 11.3 Å². The Kier molecular flexibility index (Phi) is 6.21. The normalized spacial score (nSPS) is 11.0. The molecule has 0 aliphatic heterocycles. The monoisotopic (exact) mass is 304 g/mol. The number of rotatable bonds is 8. The van der Waals surface area contributed by atoms with E-state index in [9.17, 15) is 0 Å². The van der Waals surface area contributed by atoms with E-state index in [0.29, 0.717) is 12.5 Å². The van der Waals surface area contributed by atoms with Crippen LogP contribution in [0.3, 0.4) is 0 Å².